The molecule has 0 radical (unpaired) electrons. The Morgan fingerprint density at radius 2 is 1.80 bits per heavy atom. The predicted octanol–water partition coefficient (Wildman–Crippen LogP) is 3.92. The van der Waals surface area contributed by atoms with Gasteiger partial charge in [0.15, 0.2) is 5.76 Å². The van der Waals surface area contributed by atoms with Crippen LogP contribution >= 0.6 is 0 Å². The number of aromatic nitrogens is 1. The second-order valence-corrected chi connectivity index (χ2v) is 10.2. The molecule has 0 bridgehead atoms. The number of rotatable bonds is 6. The summed E-state index contributed by atoms with van der Waals surface area (Å²) in [6, 6.07) is 6.80. The van der Waals surface area contributed by atoms with Crippen molar-refractivity contribution in [3.63, 3.8) is 0 Å². The summed E-state index contributed by atoms with van der Waals surface area (Å²) < 4.78 is 32.6. The van der Waals surface area contributed by atoms with Gasteiger partial charge in [0, 0.05) is 19.0 Å². The molecule has 30 heavy (non-hydrogen) atoms. The lowest BCUT2D eigenvalue weighted by Crippen LogP contribution is -2.37. The van der Waals surface area contributed by atoms with Crippen molar-refractivity contribution < 1.29 is 17.7 Å². The van der Waals surface area contributed by atoms with E-state index in [1.54, 1.807) is 41.6 Å². The number of hydrogen-bond acceptors (Lipinski definition) is 5. The van der Waals surface area contributed by atoms with E-state index in [0.29, 0.717) is 41.0 Å². The number of anilines is 1. The Hall–Kier alpha value is -2.45. The number of carbonyl (C=O) groups excluding carboxylic acids is 1. The van der Waals surface area contributed by atoms with E-state index < -0.39 is 10.0 Å². The molecule has 2 aromatic rings. The highest BCUT2D eigenvalue weighted by molar-refractivity contribution is 7.89. The molecular weight excluding hydrogens is 402 g/mol. The van der Waals surface area contributed by atoms with Crippen LogP contribution in [0.1, 0.15) is 49.6 Å². The molecule has 1 amide bonds. The van der Waals surface area contributed by atoms with E-state index in [-0.39, 0.29) is 11.8 Å². The van der Waals surface area contributed by atoms with E-state index in [1.165, 1.54) is 0 Å². The van der Waals surface area contributed by atoms with Crippen LogP contribution < -0.4 is 5.32 Å². The van der Waals surface area contributed by atoms with Gasteiger partial charge in [0.1, 0.15) is 11.4 Å². The summed E-state index contributed by atoms with van der Waals surface area (Å²) in [5.74, 6) is 1.13. The SMILES string of the molecule is Cc1noc(C=Cc2ccc(S(=O)(=O)N3CCC(C)CC3)cc2)c1NC(=O)C1CC1. The molecule has 1 aromatic carbocycles. The van der Waals surface area contributed by atoms with E-state index in [1.807, 2.05) is 6.08 Å². The van der Waals surface area contributed by atoms with Crippen molar-refractivity contribution in [1.82, 2.24) is 9.46 Å². The number of piperidine rings is 1. The van der Waals surface area contributed by atoms with Gasteiger partial charge in [-0.2, -0.15) is 4.31 Å². The van der Waals surface area contributed by atoms with Gasteiger partial charge in [0.25, 0.3) is 0 Å². The molecular formula is C22H27N3O4S. The molecule has 0 unspecified atom stereocenters. The molecule has 1 N–H and O–H groups in total. The molecule has 1 aliphatic heterocycles. The number of nitrogens with zero attached hydrogens (tertiary/aromatic N) is 2. The molecule has 8 heteroatoms. The molecule has 2 fully saturated rings. The molecule has 4 rings (SSSR count). The van der Waals surface area contributed by atoms with Crippen molar-refractivity contribution in [2.24, 2.45) is 11.8 Å². The molecule has 1 saturated heterocycles. The third-order valence-electron chi connectivity index (χ3n) is 5.77. The van der Waals surface area contributed by atoms with Crippen molar-refractivity contribution in [2.45, 2.75) is 44.4 Å². The van der Waals surface area contributed by atoms with E-state index in [0.717, 1.165) is 31.2 Å². The molecule has 2 aliphatic rings. The van der Waals surface area contributed by atoms with Crippen LogP contribution in [0.2, 0.25) is 0 Å². The van der Waals surface area contributed by atoms with Crippen LogP contribution in [-0.4, -0.2) is 36.9 Å². The lowest BCUT2D eigenvalue weighted by atomic mass is 10.0. The summed E-state index contributed by atoms with van der Waals surface area (Å²) in [6.45, 7) is 5.09. The molecule has 0 atom stereocenters. The zero-order valence-electron chi connectivity index (χ0n) is 17.3. The summed E-state index contributed by atoms with van der Waals surface area (Å²) in [6.07, 6.45) is 7.19. The number of nitrogens with one attached hydrogen (secondary N) is 1. The molecule has 2 heterocycles. The van der Waals surface area contributed by atoms with E-state index in [9.17, 15) is 13.2 Å². The summed E-state index contributed by atoms with van der Waals surface area (Å²) in [5.41, 5.74) is 2.04. The highest BCUT2D eigenvalue weighted by Crippen LogP contribution is 2.32. The standard InChI is InChI=1S/C22H27N3O4S/c1-15-11-13-25(14-12-15)30(27,28)19-8-3-17(4-9-19)5-10-20-21(16(2)24-29-20)23-22(26)18-6-7-18/h3-5,8-10,15,18H,6-7,11-14H2,1-2H3,(H,23,26). The van der Waals surface area contributed by atoms with Gasteiger partial charge in [-0.1, -0.05) is 30.3 Å². The van der Waals surface area contributed by atoms with Gasteiger partial charge in [-0.25, -0.2) is 8.42 Å². The maximum absolute atomic E-state index is 12.8. The monoisotopic (exact) mass is 429 g/mol. The fourth-order valence-electron chi connectivity index (χ4n) is 3.52. The van der Waals surface area contributed by atoms with Gasteiger partial charge < -0.3 is 9.84 Å². The first-order valence-electron chi connectivity index (χ1n) is 10.4. The number of aryl methyl sites for hydroxylation is 1. The van der Waals surface area contributed by atoms with E-state index in [2.05, 4.69) is 17.4 Å². The van der Waals surface area contributed by atoms with Gasteiger partial charge in [-0.15, -0.1) is 0 Å². The minimum Gasteiger partial charge on any atom is -0.354 e. The Bertz CT molecular complexity index is 1040. The average molecular weight is 430 g/mol. The van der Waals surface area contributed by atoms with Crippen molar-refractivity contribution in [3.8, 4) is 0 Å². The first kappa shape index (κ1) is 20.8. The Balaban J connectivity index is 1.46. The largest absolute Gasteiger partial charge is 0.354 e. The highest BCUT2D eigenvalue weighted by atomic mass is 32.2. The number of hydrogen-bond donors (Lipinski definition) is 1. The van der Waals surface area contributed by atoms with Gasteiger partial charge in [-0.05, 0) is 62.3 Å². The quantitative estimate of drug-likeness (QED) is 0.751. The normalized spacial score (nSPS) is 18.7. The van der Waals surface area contributed by atoms with Gasteiger partial charge in [-0.3, -0.25) is 4.79 Å². The molecule has 1 aromatic heterocycles. The van der Waals surface area contributed by atoms with Crippen LogP contribution in [0.4, 0.5) is 5.69 Å². The number of amides is 1. The Labute approximate surface area is 177 Å². The highest BCUT2D eigenvalue weighted by Gasteiger charge is 2.31. The van der Waals surface area contributed by atoms with Crippen LogP contribution in [0.25, 0.3) is 12.2 Å². The molecule has 0 spiro atoms. The maximum atomic E-state index is 12.8. The Morgan fingerprint density at radius 1 is 1.13 bits per heavy atom. The molecule has 1 aliphatic carbocycles. The third-order valence-corrected chi connectivity index (χ3v) is 7.69. The van der Waals surface area contributed by atoms with Gasteiger partial charge in [0.05, 0.1) is 4.90 Å². The smallest absolute Gasteiger partial charge is 0.243 e. The van der Waals surface area contributed by atoms with Crippen LogP contribution in [0, 0.1) is 18.8 Å². The first-order valence-corrected chi connectivity index (χ1v) is 11.8. The first-order chi connectivity index (χ1) is 14.3. The lowest BCUT2D eigenvalue weighted by Gasteiger charge is -2.29. The molecule has 7 nitrogen and oxygen atoms in total. The van der Waals surface area contributed by atoms with E-state index >= 15 is 0 Å². The predicted molar refractivity (Wildman–Crippen MR) is 115 cm³/mol. The number of carbonyl (C=O) groups is 1. The third kappa shape index (κ3) is 4.49. The van der Waals surface area contributed by atoms with Crippen molar-refractivity contribution in [2.75, 3.05) is 18.4 Å². The van der Waals surface area contributed by atoms with Gasteiger partial charge in [0.2, 0.25) is 15.9 Å². The van der Waals surface area contributed by atoms with Crippen LogP contribution in [0.5, 0.6) is 0 Å². The van der Waals surface area contributed by atoms with Crippen molar-refractivity contribution >= 4 is 33.8 Å². The average Bonchev–Trinajstić information content (AvgIpc) is 3.53. The summed E-state index contributed by atoms with van der Waals surface area (Å²) in [4.78, 5) is 12.4. The minimum atomic E-state index is -3.46. The topological polar surface area (TPSA) is 92.5 Å². The summed E-state index contributed by atoms with van der Waals surface area (Å²) in [7, 11) is -3.46. The molecule has 1 saturated carbocycles. The second kappa shape index (κ2) is 8.35. The Morgan fingerprint density at radius 3 is 2.43 bits per heavy atom. The minimum absolute atomic E-state index is 0.00221. The van der Waals surface area contributed by atoms with E-state index in [4.69, 9.17) is 4.52 Å². The zero-order valence-corrected chi connectivity index (χ0v) is 18.1. The lowest BCUT2D eigenvalue weighted by molar-refractivity contribution is -0.117. The Kier molecular flexibility index (Phi) is 5.79. The fraction of sp³-hybridized carbons (Fsp3) is 0.455. The number of sulfonamides is 1. The maximum Gasteiger partial charge on any atom is 0.243 e. The number of benzene rings is 1. The van der Waals surface area contributed by atoms with Crippen LogP contribution in [0.15, 0.2) is 33.7 Å². The second-order valence-electron chi connectivity index (χ2n) is 8.26. The summed E-state index contributed by atoms with van der Waals surface area (Å²) in [5, 5.41) is 6.83. The van der Waals surface area contributed by atoms with Crippen LogP contribution in [-0.2, 0) is 14.8 Å². The molecule has 160 valence electrons. The van der Waals surface area contributed by atoms with Crippen molar-refractivity contribution in [1.29, 1.82) is 0 Å². The fourth-order valence-corrected chi connectivity index (χ4v) is 4.99. The van der Waals surface area contributed by atoms with Crippen molar-refractivity contribution in [3.05, 3.63) is 41.3 Å². The zero-order chi connectivity index (χ0) is 21.3. The van der Waals surface area contributed by atoms with Crippen LogP contribution in [0.3, 0.4) is 0 Å². The summed E-state index contributed by atoms with van der Waals surface area (Å²) >= 11 is 0. The van der Waals surface area contributed by atoms with Gasteiger partial charge >= 0.3 is 0 Å².